The number of benzene rings is 1. The van der Waals surface area contributed by atoms with E-state index in [4.69, 9.17) is 9.47 Å². The lowest BCUT2D eigenvalue weighted by Gasteiger charge is -2.11. The molecule has 1 saturated carbocycles. The molecule has 1 aromatic carbocycles. The van der Waals surface area contributed by atoms with Crippen LogP contribution in [0, 0.1) is 5.92 Å². The van der Waals surface area contributed by atoms with Gasteiger partial charge in [-0.2, -0.15) is 0 Å². The van der Waals surface area contributed by atoms with Gasteiger partial charge < -0.3 is 19.9 Å². The van der Waals surface area contributed by atoms with E-state index >= 15 is 0 Å². The van der Waals surface area contributed by atoms with Crippen molar-refractivity contribution in [2.24, 2.45) is 5.92 Å². The third kappa shape index (κ3) is 2.70. The maximum atomic E-state index is 9.81. The summed E-state index contributed by atoms with van der Waals surface area (Å²) < 4.78 is 10.3. The van der Waals surface area contributed by atoms with Crippen LogP contribution in [-0.2, 0) is 6.54 Å². The van der Waals surface area contributed by atoms with E-state index in [1.54, 1.807) is 14.2 Å². The Morgan fingerprint density at radius 2 is 1.89 bits per heavy atom. The number of ether oxygens (including phenoxy) is 2. The third-order valence-corrected chi connectivity index (χ3v) is 3.55. The second-order valence-corrected chi connectivity index (χ2v) is 4.74. The Labute approximate surface area is 108 Å². The molecule has 1 aliphatic rings. The molecule has 1 fully saturated rings. The summed E-state index contributed by atoms with van der Waals surface area (Å²) in [6, 6.07) is 4.32. The number of phenols is 1. The summed E-state index contributed by atoms with van der Waals surface area (Å²) in [5, 5.41) is 13.3. The number of nitrogens with one attached hydrogen (secondary N) is 1. The second-order valence-electron chi connectivity index (χ2n) is 4.74. The topological polar surface area (TPSA) is 50.7 Å². The van der Waals surface area contributed by atoms with Crippen molar-refractivity contribution in [2.75, 3.05) is 14.2 Å². The molecule has 100 valence electrons. The Morgan fingerprint density at radius 1 is 1.28 bits per heavy atom. The first kappa shape index (κ1) is 13.0. The fourth-order valence-corrected chi connectivity index (χ4v) is 2.25. The van der Waals surface area contributed by atoms with Crippen molar-refractivity contribution < 1.29 is 14.6 Å². The van der Waals surface area contributed by atoms with Gasteiger partial charge in [0, 0.05) is 12.6 Å². The summed E-state index contributed by atoms with van der Waals surface area (Å²) in [5.41, 5.74) is 1.06. The van der Waals surface area contributed by atoms with Crippen LogP contribution >= 0.6 is 0 Å². The van der Waals surface area contributed by atoms with Crippen LogP contribution in [0.25, 0.3) is 0 Å². The van der Waals surface area contributed by atoms with Gasteiger partial charge in [0.25, 0.3) is 0 Å². The SMILES string of the molecule is CCC1CC1NCc1cc(OC)c(O)c(OC)c1. The molecule has 18 heavy (non-hydrogen) atoms. The van der Waals surface area contributed by atoms with E-state index in [9.17, 15) is 5.11 Å². The molecule has 4 nitrogen and oxygen atoms in total. The van der Waals surface area contributed by atoms with Crippen LogP contribution in [0.1, 0.15) is 25.3 Å². The van der Waals surface area contributed by atoms with E-state index < -0.39 is 0 Å². The van der Waals surface area contributed by atoms with Gasteiger partial charge in [-0.15, -0.1) is 0 Å². The van der Waals surface area contributed by atoms with Gasteiger partial charge in [0.1, 0.15) is 0 Å². The molecule has 1 aromatic rings. The first-order valence-corrected chi connectivity index (χ1v) is 6.36. The van der Waals surface area contributed by atoms with Crippen molar-refractivity contribution >= 4 is 0 Å². The Balaban J connectivity index is 2.03. The molecule has 0 saturated heterocycles. The van der Waals surface area contributed by atoms with Crippen LogP contribution < -0.4 is 14.8 Å². The molecular weight excluding hydrogens is 230 g/mol. The van der Waals surface area contributed by atoms with Crippen molar-refractivity contribution in [3.05, 3.63) is 17.7 Å². The molecule has 0 aliphatic heterocycles. The molecular formula is C14H21NO3. The van der Waals surface area contributed by atoms with Crippen molar-refractivity contribution in [1.29, 1.82) is 0 Å². The van der Waals surface area contributed by atoms with Gasteiger partial charge in [-0.05, 0) is 30.0 Å². The van der Waals surface area contributed by atoms with E-state index in [1.807, 2.05) is 12.1 Å². The standard InChI is InChI=1S/C14H21NO3/c1-4-10-7-11(10)15-8-9-5-12(17-2)14(16)13(6-9)18-3/h5-6,10-11,15-16H,4,7-8H2,1-3H3. The number of methoxy groups -OCH3 is 2. The quantitative estimate of drug-likeness (QED) is 0.814. The van der Waals surface area contributed by atoms with Gasteiger partial charge in [0.05, 0.1) is 14.2 Å². The average Bonchev–Trinajstić information content (AvgIpc) is 3.16. The van der Waals surface area contributed by atoms with Crippen LogP contribution in [-0.4, -0.2) is 25.4 Å². The number of hydrogen-bond acceptors (Lipinski definition) is 4. The van der Waals surface area contributed by atoms with E-state index in [0.717, 1.165) is 18.0 Å². The zero-order valence-electron chi connectivity index (χ0n) is 11.2. The Bertz CT molecular complexity index is 394. The fraction of sp³-hybridized carbons (Fsp3) is 0.571. The first-order valence-electron chi connectivity index (χ1n) is 6.36. The van der Waals surface area contributed by atoms with Crippen LogP contribution in [0.15, 0.2) is 12.1 Å². The first-order chi connectivity index (χ1) is 8.69. The predicted octanol–water partition coefficient (Wildman–Crippen LogP) is 2.30. The summed E-state index contributed by atoms with van der Waals surface area (Å²) >= 11 is 0. The molecule has 0 spiro atoms. The Kier molecular flexibility index (Phi) is 3.97. The van der Waals surface area contributed by atoms with Crippen LogP contribution in [0.5, 0.6) is 17.2 Å². The Hall–Kier alpha value is -1.42. The van der Waals surface area contributed by atoms with Gasteiger partial charge in [0.2, 0.25) is 5.75 Å². The number of phenolic OH excluding ortho intramolecular Hbond substituents is 1. The minimum Gasteiger partial charge on any atom is -0.502 e. The fourth-order valence-electron chi connectivity index (χ4n) is 2.25. The summed E-state index contributed by atoms with van der Waals surface area (Å²) in [6.07, 6.45) is 2.50. The van der Waals surface area contributed by atoms with Gasteiger partial charge in [0.15, 0.2) is 11.5 Å². The molecule has 2 unspecified atom stereocenters. The van der Waals surface area contributed by atoms with Crippen LogP contribution in [0.4, 0.5) is 0 Å². The molecule has 0 aromatic heterocycles. The minimum atomic E-state index is 0.0570. The average molecular weight is 251 g/mol. The molecule has 0 radical (unpaired) electrons. The third-order valence-electron chi connectivity index (χ3n) is 3.55. The van der Waals surface area contributed by atoms with E-state index in [-0.39, 0.29) is 5.75 Å². The monoisotopic (exact) mass is 251 g/mol. The number of hydrogen-bond donors (Lipinski definition) is 2. The van der Waals surface area contributed by atoms with Crippen molar-refractivity contribution in [1.82, 2.24) is 5.32 Å². The zero-order valence-corrected chi connectivity index (χ0v) is 11.2. The van der Waals surface area contributed by atoms with Gasteiger partial charge in [-0.25, -0.2) is 0 Å². The predicted molar refractivity (Wildman–Crippen MR) is 70.2 cm³/mol. The highest BCUT2D eigenvalue weighted by Gasteiger charge is 2.34. The summed E-state index contributed by atoms with van der Waals surface area (Å²) in [7, 11) is 3.08. The molecule has 2 N–H and O–H groups in total. The highest BCUT2D eigenvalue weighted by atomic mass is 16.5. The van der Waals surface area contributed by atoms with Crippen LogP contribution in [0.2, 0.25) is 0 Å². The molecule has 0 bridgehead atoms. The Morgan fingerprint density at radius 3 is 2.33 bits per heavy atom. The lowest BCUT2D eigenvalue weighted by atomic mass is 10.1. The summed E-state index contributed by atoms with van der Waals surface area (Å²) in [4.78, 5) is 0. The number of rotatable bonds is 6. The molecule has 2 rings (SSSR count). The molecule has 0 heterocycles. The van der Waals surface area contributed by atoms with Gasteiger partial charge >= 0.3 is 0 Å². The lowest BCUT2D eigenvalue weighted by molar-refractivity contribution is 0.339. The van der Waals surface area contributed by atoms with Crippen molar-refractivity contribution in [3.63, 3.8) is 0 Å². The molecule has 0 amide bonds. The molecule has 2 atom stereocenters. The maximum absolute atomic E-state index is 9.81. The van der Waals surface area contributed by atoms with Gasteiger partial charge in [-0.3, -0.25) is 0 Å². The zero-order chi connectivity index (χ0) is 13.1. The smallest absolute Gasteiger partial charge is 0.200 e. The summed E-state index contributed by atoms with van der Waals surface area (Å²) in [6.45, 7) is 2.99. The number of aromatic hydroxyl groups is 1. The largest absolute Gasteiger partial charge is 0.502 e. The highest BCUT2D eigenvalue weighted by molar-refractivity contribution is 5.52. The lowest BCUT2D eigenvalue weighted by Crippen LogP contribution is -2.17. The van der Waals surface area contributed by atoms with E-state index in [0.29, 0.717) is 17.5 Å². The minimum absolute atomic E-state index is 0.0570. The second kappa shape index (κ2) is 5.48. The maximum Gasteiger partial charge on any atom is 0.200 e. The van der Waals surface area contributed by atoms with Crippen LogP contribution in [0.3, 0.4) is 0 Å². The molecule has 4 heteroatoms. The molecule has 1 aliphatic carbocycles. The summed E-state index contributed by atoms with van der Waals surface area (Å²) in [5.74, 6) is 1.79. The van der Waals surface area contributed by atoms with E-state index in [2.05, 4.69) is 12.2 Å². The van der Waals surface area contributed by atoms with Crippen molar-refractivity contribution in [3.8, 4) is 17.2 Å². The normalized spacial score (nSPS) is 21.7. The van der Waals surface area contributed by atoms with Crippen molar-refractivity contribution in [2.45, 2.75) is 32.4 Å². The highest BCUT2D eigenvalue weighted by Crippen LogP contribution is 2.38. The van der Waals surface area contributed by atoms with Gasteiger partial charge in [-0.1, -0.05) is 13.3 Å². The van der Waals surface area contributed by atoms with E-state index in [1.165, 1.54) is 12.8 Å².